The molecule has 4 rings (SSSR count). The van der Waals surface area contributed by atoms with Crippen LogP contribution in [0.3, 0.4) is 0 Å². The highest BCUT2D eigenvalue weighted by atomic mass is 35.5. The Bertz CT molecular complexity index is 1130. The van der Waals surface area contributed by atoms with Crippen molar-refractivity contribution in [3.8, 4) is 0 Å². The van der Waals surface area contributed by atoms with E-state index in [-0.39, 0.29) is 41.6 Å². The van der Waals surface area contributed by atoms with Crippen molar-refractivity contribution in [2.24, 2.45) is 5.92 Å². The van der Waals surface area contributed by atoms with E-state index in [1.54, 1.807) is 41.3 Å². The van der Waals surface area contributed by atoms with E-state index in [0.717, 1.165) is 24.1 Å². The smallest absolute Gasteiger partial charge is 0.240 e. The average Bonchev–Trinajstić information content (AvgIpc) is 3.49. The molecule has 7 nitrogen and oxygen atoms in total. The number of anilines is 2. The van der Waals surface area contributed by atoms with Crippen LogP contribution in [0.5, 0.6) is 0 Å². The molecule has 0 saturated heterocycles. The molecule has 1 aliphatic heterocycles. The first-order chi connectivity index (χ1) is 14.7. The van der Waals surface area contributed by atoms with Crippen molar-refractivity contribution >= 4 is 44.8 Å². The zero-order valence-electron chi connectivity index (χ0n) is 17.1. The van der Waals surface area contributed by atoms with Gasteiger partial charge < -0.3 is 10.2 Å². The van der Waals surface area contributed by atoms with Gasteiger partial charge in [-0.1, -0.05) is 17.7 Å². The number of carbonyl (C=O) groups excluding carboxylic acids is 2. The summed E-state index contributed by atoms with van der Waals surface area (Å²) in [5.41, 5.74) is 2.20. The van der Waals surface area contributed by atoms with Gasteiger partial charge in [0.25, 0.3) is 0 Å². The number of nitrogens with one attached hydrogen (secondary N) is 2. The van der Waals surface area contributed by atoms with Crippen LogP contribution in [0.15, 0.2) is 47.4 Å². The fraction of sp³-hybridized carbons (Fsp3) is 0.364. The van der Waals surface area contributed by atoms with Crippen LogP contribution < -0.4 is 14.9 Å². The summed E-state index contributed by atoms with van der Waals surface area (Å²) in [7, 11) is -3.77. The summed E-state index contributed by atoms with van der Waals surface area (Å²) < 4.78 is 27.9. The second-order valence-corrected chi connectivity index (χ2v) is 10.2. The van der Waals surface area contributed by atoms with E-state index in [2.05, 4.69) is 10.0 Å². The molecule has 1 atom stereocenters. The van der Waals surface area contributed by atoms with Crippen molar-refractivity contribution in [3.05, 3.63) is 53.1 Å². The average molecular weight is 462 g/mol. The Morgan fingerprint density at radius 3 is 2.65 bits per heavy atom. The number of halogens is 1. The summed E-state index contributed by atoms with van der Waals surface area (Å²) in [5, 5.41) is 3.18. The van der Waals surface area contributed by atoms with Gasteiger partial charge >= 0.3 is 0 Å². The first kappa shape index (κ1) is 21.8. The van der Waals surface area contributed by atoms with E-state index in [1.807, 2.05) is 6.92 Å². The highest BCUT2D eigenvalue weighted by molar-refractivity contribution is 7.89. The van der Waals surface area contributed by atoms with Gasteiger partial charge in [0.15, 0.2) is 0 Å². The first-order valence-electron chi connectivity index (χ1n) is 10.3. The van der Waals surface area contributed by atoms with Gasteiger partial charge in [-0.2, -0.15) is 0 Å². The Kier molecular flexibility index (Phi) is 6.05. The number of fused-ring (bicyclic) bond motifs is 1. The number of hydrogen-bond acceptors (Lipinski definition) is 4. The van der Waals surface area contributed by atoms with E-state index in [1.165, 1.54) is 6.07 Å². The number of sulfonamides is 1. The minimum Gasteiger partial charge on any atom is -0.326 e. The molecule has 2 N–H and O–H groups in total. The number of nitrogens with zero attached hydrogens (tertiary/aromatic N) is 1. The Labute approximate surface area is 186 Å². The van der Waals surface area contributed by atoms with Crippen LogP contribution in [0.25, 0.3) is 0 Å². The van der Waals surface area contributed by atoms with E-state index in [9.17, 15) is 18.0 Å². The Hall–Kier alpha value is -2.42. The normalized spacial score (nSPS) is 18.0. The van der Waals surface area contributed by atoms with Crippen LogP contribution in [0, 0.1) is 5.92 Å². The predicted octanol–water partition coefficient (Wildman–Crippen LogP) is 3.33. The standard InChI is InChI=1S/C22H24ClN3O4S/c1-14-11-16-12-19(7-8-20(16)26(14)22(28)15-5-6-15)31(29,30)24-10-9-21(27)25-18-4-2-3-17(23)13-18/h2-4,7-8,12-15,24H,5-6,9-11H2,1H3,(H,25,27)/t14-/m0/s1. The van der Waals surface area contributed by atoms with Crippen molar-refractivity contribution in [3.63, 3.8) is 0 Å². The molecule has 2 aliphatic rings. The van der Waals surface area contributed by atoms with Crippen molar-refractivity contribution in [1.82, 2.24) is 4.72 Å². The largest absolute Gasteiger partial charge is 0.326 e. The first-order valence-corrected chi connectivity index (χ1v) is 12.1. The molecule has 1 heterocycles. The molecule has 2 amide bonds. The zero-order valence-corrected chi connectivity index (χ0v) is 18.7. The molecule has 0 radical (unpaired) electrons. The lowest BCUT2D eigenvalue weighted by molar-refractivity contribution is -0.120. The topological polar surface area (TPSA) is 95.6 Å². The lowest BCUT2D eigenvalue weighted by Crippen LogP contribution is -2.36. The van der Waals surface area contributed by atoms with Gasteiger partial charge in [-0.3, -0.25) is 9.59 Å². The van der Waals surface area contributed by atoms with Gasteiger partial charge in [0.1, 0.15) is 0 Å². The quantitative estimate of drug-likeness (QED) is 0.661. The maximum absolute atomic E-state index is 12.7. The van der Waals surface area contributed by atoms with E-state index in [0.29, 0.717) is 17.1 Å². The van der Waals surface area contributed by atoms with Crippen LogP contribution >= 0.6 is 11.6 Å². The molecule has 0 unspecified atom stereocenters. The van der Waals surface area contributed by atoms with Crippen molar-refractivity contribution < 1.29 is 18.0 Å². The molecule has 0 aromatic heterocycles. The summed E-state index contributed by atoms with van der Waals surface area (Å²) in [6.07, 6.45) is 2.47. The van der Waals surface area contributed by atoms with Gasteiger partial charge in [0.05, 0.1) is 4.90 Å². The van der Waals surface area contributed by atoms with E-state index >= 15 is 0 Å². The molecule has 2 aromatic rings. The maximum atomic E-state index is 12.7. The minimum atomic E-state index is -3.77. The zero-order chi connectivity index (χ0) is 22.2. The lowest BCUT2D eigenvalue weighted by atomic mass is 10.1. The minimum absolute atomic E-state index is 0.0165. The Morgan fingerprint density at radius 2 is 1.94 bits per heavy atom. The maximum Gasteiger partial charge on any atom is 0.240 e. The summed E-state index contributed by atoms with van der Waals surface area (Å²) in [6.45, 7) is 1.94. The molecule has 0 spiro atoms. The Morgan fingerprint density at radius 1 is 1.16 bits per heavy atom. The molecule has 1 aliphatic carbocycles. The number of carbonyl (C=O) groups is 2. The third-order valence-corrected chi connectivity index (χ3v) is 7.19. The van der Waals surface area contributed by atoms with Crippen LogP contribution in [-0.2, 0) is 26.0 Å². The van der Waals surface area contributed by atoms with Crippen molar-refractivity contribution in [2.45, 2.75) is 43.5 Å². The Balaban J connectivity index is 1.37. The summed E-state index contributed by atoms with van der Waals surface area (Å²) >= 11 is 5.89. The molecule has 164 valence electrons. The molecule has 31 heavy (non-hydrogen) atoms. The SMILES string of the molecule is C[C@H]1Cc2cc(S(=O)(=O)NCCC(=O)Nc3cccc(Cl)c3)ccc2N1C(=O)C1CC1. The van der Waals surface area contributed by atoms with Crippen LogP contribution in [-0.4, -0.2) is 32.8 Å². The van der Waals surface area contributed by atoms with E-state index in [4.69, 9.17) is 11.6 Å². The summed E-state index contributed by atoms with van der Waals surface area (Å²) in [5.74, 6) is -0.0794. The predicted molar refractivity (Wildman–Crippen MR) is 120 cm³/mol. The van der Waals surface area contributed by atoms with E-state index < -0.39 is 10.0 Å². The molecule has 2 aromatic carbocycles. The molecule has 1 fully saturated rings. The number of benzene rings is 2. The second kappa shape index (κ2) is 8.61. The summed E-state index contributed by atoms with van der Waals surface area (Å²) in [6, 6.07) is 11.6. The van der Waals surface area contributed by atoms with Crippen molar-refractivity contribution in [2.75, 3.05) is 16.8 Å². The summed E-state index contributed by atoms with van der Waals surface area (Å²) in [4.78, 5) is 26.6. The van der Waals surface area contributed by atoms with Gasteiger partial charge in [-0.15, -0.1) is 0 Å². The fourth-order valence-electron chi connectivity index (χ4n) is 3.81. The van der Waals surface area contributed by atoms with Gasteiger partial charge in [0, 0.05) is 41.3 Å². The lowest BCUT2D eigenvalue weighted by Gasteiger charge is -2.22. The molecule has 9 heteroatoms. The number of rotatable bonds is 7. The fourth-order valence-corrected chi connectivity index (χ4v) is 5.08. The third kappa shape index (κ3) is 4.92. The van der Waals surface area contributed by atoms with Crippen LogP contribution in [0.1, 0.15) is 31.7 Å². The van der Waals surface area contributed by atoms with Gasteiger partial charge in [-0.25, -0.2) is 13.1 Å². The number of hydrogen-bond donors (Lipinski definition) is 2. The number of amides is 2. The molecular formula is C22H24ClN3O4S. The third-order valence-electron chi connectivity index (χ3n) is 5.49. The van der Waals surface area contributed by atoms with Crippen LogP contribution in [0.2, 0.25) is 5.02 Å². The molecule has 1 saturated carbocycles. The van der Waals surface area contributed by atoms with Crippen molar-refractivity contribution in [1.29, 1.82) is 0 Å². The molecule has 0 bridgehead atoms. The highest BCUT2D eigenvalue weighted by Gasteiger charge is 2.39. The molecular weight excluding hydrogens is 438 g/mol. The van der Waals surface area contributed by atoms with Gasteiger partial charge in [0.2, 0.25) is 21.8 Å². The van der Waals surface area contributed by atoms with Crippen LogP contribution in [0.4, 0.5) is 11.4 Å². The van der Waals surface area contributed by atoms with Gasteiger partial charge in [-0.05, 0) is 68.1 Å². The monoisotopic (exact) mass is 461 g/mol. The second-order valence-electron chi connectivity index (χ2n) is 8.03. The highest BCUT2D eigenvalue weighted by Crippen LogP contribution is 2.39.